The number of esters is 1. The molecular formula is C18H9Cl2F3O2. The Morgan fingerprint density at radius 3 is 2.16 bits per heavy atom. The van der Waals surface area contributed by atoms with Gasteiger partial charge in [-0.15, -0.1) is 0 Å². The van der Waals surface area contributed by atoms with Crippen molar-refractivity contribution >= 4 is 39.9 Å². The summed E-state index contributed by atoms with van der Waals surface area (Å²) in [7, 11) is 0. The van der Waals surface area contributed by atoms with E-state index in [1.165, 1.54) is 18.2 Å². The molecule has 0 aromatic heterocycles. The predicted molar refractivity (Wildman–Crippen MR) is 90.4 cm³/mol. The minimum Gasteiger partial charge on any atom is -0.421 e. The third-order valence-corrected chi connectivity index (χ3v) is 4.14. The first kappa shape index (κ1) is 17.6. The predicted octanol–water partition coefficient (Wildman–Crippen LogP) is 6.38. The second-order valence-electron chi connectivity index (χ2n) is 5.15. The fraction of sp³-hybridized carbons (Fsp3) is 0.0556. The molecule has 0 spiro atoms. The van der Waals surface area contributed by atoms with Crippen LogP contribution < -0.4 is 4.74 Å². The molecule has 0 bridgehead atoms. The summed E-state index contributed by atoms with van der Waals surface area (Å²) in [6, 6.07) is 12.5. The molecule has 3 rings (SSSR count). The Morgan fingerprint density at radius 1 is 0.880 bits per heavy atom. The molecule has 0 radical (unpaired) electrons. The van der Waals surface area contributed by atoms with Crippen LogP contribution in [0.5, 0.6) is 5.75 Å². The van der Waals surface area contributed by atoms with Gasteiger partial charge in [0.15, 0.2) is 5.75 Å². The zero-order chi connectivity index (χ0) is 18.2. The van der Waals surface area contributed by atoms with E-state index in [0.29, 0.717) is 15.8 Å². The summed E-state index contributed by atoms with van der Waals surface area (Å²) in [6.45, 7) is 0. The van der Waals surface area contributed by atoms with Gasteiger partial charge in [-0.2, -0.15) is 13.2 Å². The number of hydrogen-bond donors (Lipinski definition) is 0. The van der Waals surface area contributed by atoms with Gasteiger partial charge < -0.3 is 4.74 Å². The highest BCUT2D eigenvalue weighted by Gasteiger charge is 2.35. The van der Waals surface area contributed by atoms with Crippen LogP contribution in [-0.4, -0.2) is 5.97 Å². The maximum Gasteiger partial charge on any atom is 0.417 e. The Bertz CT molecular complexity index is 968. The molecule has 128 valence electrons. The van der Waals surface area contributed by atoms with Gasteiger partial charge in [-0.1, -0.05) is 59.6 Å². The lowest BCUT2D eigenvalue weighted by molar-refractivity contribution is -0.138. The third-order valence-electron chi connectivity index (χ3n) is 3.55. The maximum atomic E-state index is 13.1. The quantitative estimate of drug-likeness (QED) is 0.378. The van der Waals surface area contributed by atoms with Crippen LogP contribution >= 0.6 is 23.2 Å². The van der Waals surface area contributed by atoms with Crippen LogP contribution in [0, 0.1) is 0 Å². The summed E-state index contributed by atoms with van der Waals surface area (Å²) in [5, 5.41) is 1.37. The lowest BCUT2D eigenvalue weighted by Gasteiger charge is -2.14. The van der Waals surface area contributed by atoms with Gasteiger partial charge in [0.25, 0.3) is 0 Å². The number of carbonyl (C=O) groups excluding carboxylic acids is 1. The van der Waals surface area contributed by atoms with Crippen molar-refractivity contribution < 1.29 is 22.7 Å². The smallest absolute Gasteiger partial charge is 0.417 e. The average molecular weight is 385 g/mol. The van der Waals surface area contributed by atoms with Crippen molar-refractivity contribution in [1.82, 2.24) is 0 Å². The minimum absolute atomic E-state index is 0.0292. The van der Waals surface area contributed by atoms with Gasteiger partial charge in [0.05, 0.1) is 21.2 Å². The normalized spacial score (nSPS) is 11.6. The van der Waals surface area contributed by atoms with Crippen molar-refractivity contribution in [2.45, 2.75) is 6.18 Å². The van der Waals surface area contributed by atoms with Crippen molar-refractivity contribution in [2.75, 3.05) is 0 Å². The molecule has 0 aliphatic heterocycles. The number of benzene rings is 3. The molecule has 2 nitrogen and oxygen atoms in total. The van der Waals surface area contributed by atoms with Crippen LogP contribution in [-0.2, 0) is 6.18 Å². The summed E-state index contributed by atoms with van der Waals surface area (Å²) in [4.78, 5) is 12.3. The van der Waals surface area contributed by atoms with Gasteiger partial charge in [-0.05, 0) is 18.2 Å². The first-order valence-corrected chi connectivity index (χ1v) is 7.80. The Kier molecular flexibility index (Phi) is 4.62. The van der Waals surface area contributed by atoms with E-state index in [4.69, 9.17) is 27.9 Å². The fourth-order valence-corrected chi connectivity index (χ4v) is 3.01. The van der Waals surface area contributed by atoms with Gasteiger partial charge in [-0.3, -0.25) is 0 Å². The molecule has 25 heavy (non-hydrogen) atoms. The van der Waals surface area contributed by atoms with Gasteiger partial charge in [0, 0.05) is 10.8 Å². The van der Waals surface area contributed by atoms with E-state index in [-0.39, 0.29) is 10.8 Å². The molecule has 0 saturated heterocycles. The lowest BCUT2D eigenvalue weighted by atomic mass is 10.1. The second kappa shape index (κ2) is 6.58. The zero-order valence-corrected chi connectivity index (χ0v) is 13.9. The summed E-state index contributed by atoms with van der Waals surface area (Å²) in [5.74, 6) is -1.19. The second-order valence-corrected chi connectivity index (χ2v) is 5.96. The monoisotopic (exact) mass is 384 g/mol. The van der Waals surface area contributed by atoms with Crippen molar-refractivity contribution in [3.8, 4) is 5.75 Å². The van der Waals surface area contributed by atoms with Crippen molar-refractivity contribution in [3.63, 3.8) is 0 Å². The number of ether oxygens (including phenoxy) is 1. The Labute approximate surface area is 150 Å². The first-order chi connectivity index (χ1) is 11.8. The van der Waals surface area contributed by atoms with E-state index in [1.54, 1.807) is 24.3 Å². The fourth-order valence-electron chi connectivity index (χ4n) is 2.43. The Balaban J connectivity index is 2.08. The largest absolute Gasteiger partial charge is 0.421 e. The zero-order valence-electron chi connectivity index (χ0n) is 12.4. The van der Waals surface area contributed by atoms with Crippen LogP contribution in [0.3, 0.4) is 0 Å². The number of fused-ring (bicyclic) bond motifs is 1. The molecular weight excluding hydrogens is 376 g/mol. The van der Waals surface area contributed by atoms with E-state index in [0.717, 1.165) is 12.1 Å². The average Bonchev–Trinajstić information content (AvgIpc) is 2.57. The van der Waals surface area contributed by atoms with Gasteiger partial charge in [0.2, 0.25) is 0 Å². The SMILES string of the molecule is O=C(Oc1c(Cl)cc(Cl)c2ccccc12)c1ccccc1C(F)(F)F. The van der Waals surface area contributed by atoms with E-state index < -0.39 is 23.3 Å². The molecule has 3 aromatic rings. The molecule has 0 heterocycles. The molecule has 0 aliphatic rings. The number of hydrogen-bond acceptors (Lipinski definition) is 2. The van der Waals surface area contributed by atoms with Crippen molar-refractivity contribution in [1.29, 1.82) is 0 Å². The summed E-state index contributed by atoms with van der Waals surface area (Å²) in [5.41, 5.74) is -1.67. The molecule has 3 aromatic carbocycles. The first-order valence-electron chi connectivity index (χ1n) is 7.04. The number of rotatable bonds is 2. The standard InChI is InChI=1S/C18H9Cl2F3O2/c19-14-9-15(20)16(11-6-2-1-5-10(11)14)25-17(24)12-7-3-4-8-13(12)18(21,22)23/h1-9H. The highest BCUT2D eigenvalue weighted by atomic mass is 35.5. The lowest BCUT2D eigenvalue weighted by Crippen LogP contribution is -2.17. The number of carbonyl (C=O) groups is 1. The number of alkyl halides is 3. The van der Waals surface area contributed by atoms with E-state index in [9.17, 15) is 18.0 Å². The van der Waals surface area contributed by atoms with Crippen LogP contribution in [0.2, 0.25) is 10.0 Å². The Hall–Kier alpha value is -2.24. The Morgan fingerprint density at radius 2 is 1.48 bits per heavy atom. The van der Waals surface area contributed by atoms with Crippen LogP contribution in [0.4, 0.5) is 13.2 Å². The molecule has 7 heteroatoms. The topological polar surface area (TPSA) is 26.3 Å². The van der Waals surface area contributed by atoms with Crippen LogP contribution in [0.1, 0.15) is 15.9 Å². The molecule has 0 atom stereocenters. The van der Waals surface area contributed by atoms with Gasteiger partial charge >= 0.3 is 12.1 Å². The van der Waals surface area contributed by atoms with Crippen molar-refractivity contribution in [2.24, 2.45) is 0 Å². The molecule has 0 fully saturated rings. The number of halogens is 5. The summed E-state index contributed by atoms with van der Waals surface area (Å²) >= 11 is 12.2. The van der Waals surface area contributed by atoms with Gasteiger partial charge in [0.1, 0.15) is 0 Å². The highest BCUT2D eigenvalue weighted by molar-refractivity contribution is 6.40. The van der Waals surface area contributed by atoms with E-state index in [2.05, 4.69) is 0 Å². The molecule has 0 amide bonds. The molecule has 0 aliphatic carbocycles. The van der Waals surface area contributed by atoms with Crippen LogP contribution in [0.25, 0.3) is 10.8 Å². The summed E-state index contributed by atoms with van der Waals surface area (Å²) in [6.07, 6.45) is -4.68. The van der Waals surface area contributed by atoms with E-state index in [1.807, 2.05) is 0 Å². The summed E-state index contributed by atoms with van der Waals surface area (Å²) < 4.78 is 44.4. The highest BCUT2D eigenvalue weighted by Crippen LogP contribution is 2.39. The van der Waals surface area contributed by atoms with Crippen molar-refractivity contribution in [3.05, 3.63) is 75.8 Å². The maximum absolute atomic E-state index is 13.1. The molecule has 0 saturated carbocycles. The molecule has 0 unspecified atom stereocenters. The third kappa shape index (κ3) is 3.43. The molecule has 0 N–H and O–H groups in total. The van der Waals surface area contributed by atoms with E-state index >= 15 is 0 Å². The van der Waals surface area contributed by atoms with Crippen LogP contribution in [0.15, 0.2) is 54.6 Å². The minimum atomic E-state index is -4.68. The van der Waals surface area contributed by atoms with Gasteiger partial charge in [-0.25, -0.2) is 4.79 Å².